The molecule has 1 aliphatic carbocycles. The average Bonchev–Trinajstić information content (AvgIpc) is 2.47. The van der Waals surface area contributed by atoms with Crippen molar-refractivity contribution in [1.29, 1.82) is 0 Å². The number of alkyl halides is 6. The van der Waals surface area contributed by atoms with Crippen LogP contribution in [0.25, 0.3) is 0 Å². The monoisotopic (exact) mass is 420 g/mol. The minimum absolute atomic E-state index is 0.0934. The molecule has 0 amide bonds. The Bertz CT molecular complexity index is 542. The highest BCUT2D eigenvalue weighted by Gasteiger charge is 2.47. The molecule has 1 N–H and O–H groups in total. The Morgan fingerprint density at radius 1 is 1.00 bits per heavy atom. The molecule has 164 valence electrons. The molecular weight excluding hydrogens is 394 g/mol. The predicted octanol–water partition coefficient (Wildman–Crippen LogP) is 5.36. The van der Waals surface area contributed by atoms with Gasteiger partial charge in [0, 0.05) is 6.42 Å². The molecule has 1 rings (SSSR count). The van der Waals surface area contributed by atoms with Gasteiger partial charge in [0.25, 0.3) is 0 Å². The molecule has 1 saturated carbocycles. The van der Waals surface area contributed by atoms with E-state index in [1.165, 1.54) is 20.8 Å². The number of carbonyl (C=O) groups excluding carboxylic acids is 1. The lowest BCUT2D eigenvalue weighted by Crippen LogP contribution is -2.42. The van der Waals surface area contributed by atoms with Crippen molar-refractivity contribution < 1.29 is 45.8 Å². The number of hydrogen-bond donors (Lipinski definition) is 1. The van der Waals surface area contributed by atoms with Crippen LogP contribution in [0.1, 0.15) is 59.3 Å². The Kier molecular flexibility index (Phi) is 7.81. The molecule has 0 aromatic carbocycles. The van der Waals surface area contributed by atoms with E-state index >= 15 is 0 Å². The van der Waals surface area contributed by atoms with E-state index < -0.39 is 66.4 Å². The molecule has 2 atom stereocenters. The summed E-state index contributed by atoms with van der Waals surface area (Å²) in [6.07, 6.45) is -12.0. The summed E-state index contributed by atoms with van der Waals surface area (Å²) in [5.41, 5.74) is -1.01. The van der Waals surface area contributed by atoms with E-state index in [1.54, 1.807) is 0 Å². The van der Waals surface area contributed by atoms with Crippen LogP contribution < -0.4 is 0 Å². The number of rotatable bonds is 6. The lowest BCUT2D eigenvalue weighted by atomic mass is 9.70. The van der Waals surface area contributed by atoms with Crippen LogP contribution in [0.15, 0.2) is 0 Å². The van der Waals surface area contributed by atoms with Gasteiger partial charge in [-0.05, 0) is 58.8 Å². The second-order valence-corrected chi connectivity index (χ2v) is 8.31. The van der Waals surface area contributed by atoms with Crippen LogP contribution in [0.4, 0.5) is 26.3 Å². The molecule has 0 heterocycles. The van der Waals surface area contributed by atoms with E-state index in [1.807, 2.05) is 0 Å². The summed E-state index contributed by atoms with van der Waals surface area (Å²) in [6.45, 7) is 4.57. The van der Waals surface area contributed by atoms with Gasteiger partial charge < -0.3 is 9.84 Å². The fraction of sp³-hybridized carbons (Fsp3) is 0.889. The van der Waals surface area contributed by atoms with Crippen LogP contribution in [-0.2, 0) is 14.3 Å². The van der Waals surface area contributed by atoms with Crippen molar-refractivity contribution in [2.24, 2.45) is 23.7 Å². The molecule has 1 aliphatic rings. The highest BCUT2D eigenvalue weighted by molar-refractivity contribution is 5.81. The lowest BCUT2D eigenvalue weighted by molar-refractivity contribution is -0.189. The predicted molar refractivity (Wildman–Crippen MR) is 87.3 cm³/mol. The van der Waals surface area contributed by atoms with Gasteiger partial charge in [-0.3, -0.25) is 9.59 Å². The first-order valence-electron chi connectivity index (χ1n) is 9.10. The third-order valence-electron chi connectivity index (χ3n) is 4.91. The Morgan fingerprint density at radius 3 is 1.86 bits per heavy atom. The Labute approximate surface area is 159 Å². The number of carboxylic acid groups (broad SMARTS) is 1. The van der Waals surface area contributed by atoms with E-state index in [9.17, 15) is 41.0 Å². The molecule has 0 radical (unpaired) electrons. The lowest BCUT2D eigenvalue weighted by Gasteiger charge is -2.37. The topological polar surface area (TPSA) is 63.6 Å². The van der Waals surface area contributed by atoms with Gasteiger partial charge in [-0.15, -0.1) is 0 Å². The fourth-order valence-electron chi connectivity index (χ4n) is 3.64. The third-order valence-corrected chi connectivity index (χ3v) is 4.91. The molecule has 0 bridgehead atoms. The minimum Gasteiger partial charge on any atom is -0.481 e. The van der Waals surface area contributed by atoms with Crippen LogP contribution in [0.5, 0.6) is 0 Å². The van der Waals surface area contributed by atoms with Gasteiger partial charge in [0.1, 0.15) is 5.60 Å². The minimum atomic E-state index is -4.61. The quantitative estimate of drug-likeness (QED) is 0.464. The maximum atomic E-state index is 12.9. The van der Waals surface area contributed by atoms with Crippen molar-refractivity contribution in [3.63, 3.8) is 0 Å². The van der Waals surface area contributed by atoms with Gasteiger partial charge in [-0.2, -0.15) is 26.3 Å². The number of esters is 1. The van der Waals surface area contributed by atoms with Crippen molar-refractivity contribution in [2.75, 3.05) is 0 Å². The standard InChI is InChI=1S/C18H26F6O4/c1-16(2,3)28-15(27)13(12(14(25)26)8-9-17(19,20)21)10-4-6-11(7-5-10)18(22,23)24/h10-13H,4-9H2,1-3H3,(H,25,26)/t10?,11?,12-,13?/m1/s1. The summed E-state index contributed by atoms with van der Waals surface area (Å²) in [4.78, 5) is 24.3. The van der Waals surface area contributed by atoms with Crippen LogP contribution in [-0.4, -0.2) is 35.0 Å². The molecule has 4 nitrogen and oxygen atoms in total. The fourth-order valence-corrected chi connectivity index (χ4v) is 3.64. The number of aliphatic carboxylic acids is 1. The molecule has 1 unspecified atom stereocenters. The van der Waals surface area contributed by atoms with E-state index in [4.69, 9.17) is 4.74 Å². The average molecular weight is 420 g/mol. The molecule has 0 aromatic rings. The molecule has 1 fully saturated rings. The van der Waals surface area contributed by atoms with Crippen LogP contribution in [0, 0.1) is 23.7 Å². The second-order valence-electron chi connectivity index (χ2n) is 8.31. The van der Waals surface area contributed by atoms with Gasteiger partial charge in [0.05, 0.1) is 17.8 Å². The van der Waals surface area contributed by atoms with Crippen LogP contribution in [0.2, 0.25) is 0 Å². The van der Waals surface area contributed by atoms with E-state index in [0.29, 0.717) is 0 Å². The molecule has 28 heavy (non-hydrogen) atoms. The van der Waals surface area contributed by atoms with Gasteiger partial charge >= 0.3 is 24.3 Å². The number of halogens is 6. The second kappa shape index (κ2) is 8.90. The normalized spacial score (nSPS) is 23.8. The molecule has 0 aliphatic heterocycles. The molecule has 10 heteroatoms. The Hall–Kier alpha value is -1.48. The molecule has 0 saturated heterocycles. The highest BCUT2D eigenvalue weighted by atomic mass is 19.4. The Balaban J connectivity index is 3.07. The molecule has 0 spiro atoms. The zero-order chi connectivity index (χ0) is 21.9. The van der Waals surface area contributed by atoms with E-state index in [0.717, 1.165) is 0 Å². The van der Waals surface area contributed by atoms with E-state index in [-0.39, 0.29) is 25.7 Å². The SMILES string of the molecule is CC(C)(C)OC(=O)C(C1CCC(C(F)(F)F)CC1)[C@@H](CCC(F)(F)F)C(=O)O. The van der Waals surface area contributed by atoms with Crippen molar-refractivity contribution in [2.45, 2.75) is 77.2 Å². The number of carboxylic acids is 1. The summed E-state index contributed by atoms with van der Waals surface area (Å²) in [6, 6.07) is 0. The smallest absolute Gasteiger partial charge is 0.391 e. The summed E-state index contributed by atoms with van der Waals surface area (Å²) in [5.74, 6) is -7.99. The summed E-state index contributed by atoms with van der Waals surface area (Å²) in [5, 5.41) is 9.44. The maximum absolute atomic E-state index is 12.9. The largest absolute Gasteiger partial charge is 0.481 e. The molecular formula is C18H26F6O4. The number of hydrogen-bond acceptors (Lipinski definition) is 3. The van der Waals surface area contributed by atoms with Gasteiger partial charge in [0.15, 0.2) is 0 Å². The van der Waals surface area contributed by atoms with Crippen LogP contribution >= 0.6 is 0 Å². The van der Waals surface area contributed by atoms with Crippen LogP contribution in [0.3, 0.4) is 0 Å². The van der Waals surface area contributed by atoms with Gasteiger partial charge in [-0.25, -0.2) is 0 Å². The van der Waals surface area contributed by atoms with Gasteiger partial charge in [-0.1, -0.05) is 0 Å². The van der Waals surface area contributed by atoms with Gasteiger partial charge in [0.2, 0.25) is 0 Å². The number of ether oxygens (including phenoxy) is 1. The van der Waals surface area contributed by atoms with Crippen molar-refractivity contribution >= 4 is 11.9 Å². The number of carbonyl (C=O) groups is 2. The van der Waals surface area contributed by atoms with Crippen molar-refractivity contribution in [3.8, 4) is 0 Å². The van der Waals surface area contributed by atoms with E-state index in [2.05, 4.69) is 0 Å². The van der Waals surface area contributed by atoms with Crippen molar-refractivity contribution in [3.05, 3.63) is 0 Å². The highest BCUT2D eigenvalue weighted by Crippen LogP contribution is 2.44. The summed E-state index contributed by atoms with van der Waals surface area (Å²) >= 11 is 0. The first-order chi connectivity index (χ1) is 12.5. The third kappa shape index (κ3) is 7.87. The first-order valence-corrected chi connectivity index (χ1v) is 9.10. The summed E-state index contributed by atoms with van der Waals surface area (Å²) in [7, 11) is 0. The van der Waals surface area contributed by atoms with Crippen molar-refractivity contribution in [1.82, 2.24) is 0 Å². The maximum Gasteiger partial charge on any atom is 0.391 e. The zero-order valence-corrected chi connectivity index (χ0v) is 16.0. The zero-order valence-electron chi connectivity index (χ0n) is 16.0. The molecule has 0 aromatic heterocycles. The Morgan fingerprint density at radius 2 is 1.50 bits per heavy atom. The summed E-state index contributed by atoms with van der Waals surface area (Å²) < 4.78 is 81.7. The first kappa shape index (κ1) is 24.6.